The average molecular weight is 630 g/mol. The van der Waals surface area contributed by atoms with E-state index in [-0.39, 0.29) is 37.5 Å². The fourth-order valence-corrected chi connectivity index (χ4v) is 6.45. The SMILES string of the molecule is COc1ccc(CNC(=O)CC2=C[C@@]23CCCC3(F)F)cc1.COc1ccc(CNC(=O)CC2=C[C@@]23N(C)CCC3(F)F)cc1. The highest BCUT2D eigenvalue weighted by Gasteiger charge is 2.68. The molecule has 0 unspecified atom stereocenters. The summed E-state index contributed by atoms with van der Waals surface area (Å²) >= 11 is 0. The van der Waals surface area contributed by atoms with Crippen LogP contribution in [0.4, 0.5) is 17.6 Å². The van der Waals surface area contributed by atoms with Gasteiger partial charge in [-0.25, -0.2) is 17.6 Å². The molecule has 2 fully saturated rings. The van der Waals surface area contributed by atoms with Gasteiger partial charge in [-0.3, -0.25) is 14.5 Å². The molecule has 0 bridgehead atoms. The van der Waals surface area contributed by atoms with Crippen molar-refractivity contribution in [3.8, 4) is 11.5 Å². The van der Waals surface area contributed by atoms with Gasteiger partial charge in [0.15, 0.2) is 0 Å². The van der Waals surface area contributed by atoms with Gasteiger partial charge in [0.1, 0.15) is 17.0 Å². The molecule has 2 aromatic carbocycles. The number of ether oxygens (including phenoxy) is 2. The van der Waals surface area contributed by atoms with E-state index >= 15 is 0 Å². The first-order valence-corrected chi connectivity index (χ1v) is 15.1. The molecule has 6 rings (SSSR count). The molecule has 0 aromatic heterocycles. The van der Waals surface area contributed by atoms with E-state index < -0.39 is 22.8 Å². The zero-order valence-electron chi connectivity index (χ0n) is 25.7. The molecule has 2 aromatic rings. The van der Waals surface area contributed by atoms with Crippen molar-refractivity contribution in [2.45, 2.75) is 69.0 Å². The van der Waals surface area contributed by atoms with Gasteiger partial charge in [0.2, 0.25) is 11.8 Å². The molecular formula is C34H39F4N3O4. The van der Waals surface area contributed by atoms with Gasteiger partial charge in [-0.05, 0) is 66.4 Å². The Bertz CT molecular complexity index is 1480. The Morgan fingerprint density at radius 1 is 0.733 bits per heavy atom. The summed E-state index contributed by atoms with van der Waals surface area (Å²) in [6.45, 7) is 1.11. The van der Waals surface area contributed by atoms with Crippen molar-refractivity contribution in [1.82, 2.24) is 15.5 Å². The summed E-state index contributed by atoms with van der Waals surface area (Å²) in [5.74, 6) is -4.38. The summed E-state index contributed by atoms with van der Waals surface area (Å²) in [6, 6.07) is 14.7. The molecule has 11 heteroatoms. The van der Waals surface area contributed by atoms with Gasteiger partial charge in [0, 0.05) is 45.3 Å². The van der Waals surface area contributed by atoms with Gasteiger partial charge in [0.05, 0.1) is 19.6 Å². The lowest BCUT2D eigenvalue weighted by Crippen LogP contribution is -2.43. The number of rotatable bonds is 10. The first-order valence-electron chi connectivity index (χ1n) is 15.1. The molecule has 2 amide bonds. The second kappa shape index (κ2) is 12.5. The third kappa shape index (κ3) is 6.59. The van der Waals surface area contributed by atoms with E-state index in [9.17, 15) is 27.2 Å². The monoisotopic (exact) mass is 629 g/mol. The second-order valence-electron chi connectivity index (χ2n) is 12.1. The highest BCUT2D eigenvalue weighted by molar-refractivity contribution is 5.82. The Labute approximate surface area is 260 Å². The van der Waals surface area contributed by atoms with Crippen LogP contribution in [0.25, 0.3) is 0 Å². The van der Waals surface area contributed by atoms with Crippen molar-refractivity contribution in [2.75, 3.05) is 27.8 Å². The smallest absolute Gasteiger partial charge is 0.274 e. The van der Waals surface area contributed by atoms with Crippen molar-refractivity contribution in [1.29, 1.82) is 0 Å². The maximum atomic E-state index is 14.0. The lowest BCUT2D eigenvalue weighted by atomic mass is 9.93. The minimum absolute atomic E-state index is 0.0239. The van der Waals surface area contributed by atoms with E-state index in [1.165, 1.54) is 6.08 Å². The minimum atomic E-state index is -2.77. The summed E-state index contributed by atoms with van der Waals surface area (Å²) in [7, 11) is 4.86. The molecule has 2 N–H and O–H groups in total. The highest BCUT2D eigenvalue weighted by atomic mass is 19.3. The zero-order chi connectivity index (χ0) is 32.5. The molecule has 7 nitrogen and oxygen atoms in total. The van der Waals surface area contributed by atoms with E-state index in [0.717, 1.165) is 22.6 Å². The molecule has 1 aliphatic heterocycles. The molecule has 242 valence electrons. The van der Waals surface area contributed by atoms with Crippen LogP contribution in [0.2, 0.25) is 0 Å². The molecule has 2 atom stereocenters. The van der Waals surface area contributed by atoms with Crippen LogP contribution in [0, 0.1) is 5.41 Å². The van der Waals surface area contributed by atoms with Gasteiger partial charge in [-0.15, -0.1) is 0 Å². The van der Waals surface area contributed by atoms with Crippen LogP contribution >= 0.6 is 0 Å². The number of alkyl halides is 4. The maximum absolute atomic E-state index is 14.0. The van der Waals surface area contributed by atoms with Crippen LogP contribution in [0.3, 0.4) is 0 Å². The minimum Gasteiger partial charge on any atom is -0.497 e. The first-order chi connectivity index (χ1) is 21.4. The number of hydrogen-bond acceptors (Lipinski definition) is 5. The van der Waals surface area contributed by atoms with E-state index in [0.29, 0.717) is 43.6 Å². The highest BCUT2D eigenvalue weighted by Crippen LogP contribution is 2.65. The Hall–Kier alpha value is -3.86. The van der Waals surface area contributed by atoms with Crippen LogP contribution in [0.1, 0.15) is 49.7 Å². The molecule has 1 saturated carbocycles. The summed E-state index contributed by atoms with van der Waals surface area (Å²) in [6.07, 6.45) is 4.00. The number of nitrogens with one attached hydrogen (secondary N) is 2. The van der Waals surface area contributed by atoms with E-state index in [4.69, 9.17) is 9.47 Å². The number of methoxy groups -OCH3 is 2. The predicted molar refractivity (Wildman–Crippen MR) is 161 cm³/mol. The fraction of sp³-hybridized carbons (Fsp3) is 0.471. The molecule has 2 spiro atoms. The largest absolute Gasteiger partial charge is 0.497 e. The number of carbonyl (C=O) groups is 2. The Morgan fingerprint density at radius 2 is 1.24 bits per heavy atom. The van der Waals surface area contributed by atoms with E-state index in [1.54, 1.807) is 32.2 Å². The Kier molecular flexibility index (Phi) is 9.04. The molecule has 45 heavy (non-hydrogen) atoms. The molecule has 1 saturated heterocycles. The molecule has 3 aliphatic carbocycles. The second-order valence-corrected chi connectivity index (χ2v) is 12.1. The third-order valence-electron chi connectivity index (χ3n) is 9.33. The summed E-state index contributed by atoms with van der Waals surface area (Å²) in [5, 5.41) is 5.55. The number of likely N-dealkylation sites (N-methyl/N-ethyl adjacent to an activating group) is 1. The number of nitrogens with zero attached hydrogens (tertiary/aromatic N) is 1. The number of halogens is 4. The first kappa shape index (κ1) is 32.5. The Morgan fingerprint density at radius 3 is 1.67 bits per heavy atom. The van der Waals surface area contributed by atoms with Gasteiger partial charge < -0.3 is 20.1 Å². The fourth-order valence-electron chi connectivity index (χ4n) is 6.45. The third-order valence-corrected chi connectivity index (χ3v) is 9.33. The van der Waals surface area contributed by atoms with Crippen molar-refractivity contribution < 1.29 is 36.6 Å². The summed E-state index contributed by atoms with van der Waals surface area (Å²) < 4.78 is 65.8. The van der Waals surface area contributed by atoms with Crippen LogP contribution < -0.4 is 20.1 Å². The predicted octanol–water partition coefficient (Wildman–Crippen LogP) is 5.80. The Balaban J connectivity index is 0.000000178. The van der Waals surface area contributed by atoms with Gasteiger partial charge in [0.25, 0.3) is 11.8 Å². The maximum Gasteiger partial charge on any atom is 0.274 e. The zero-order valence-corrected chi connectivity index (χ0v) is 25.7. The lowest BCUT2D eigenvalue weighted by molar-refractivity contribution is -0.121. The van der Waals surface area contributed by atoms with E-state index in [2.05, 4.69) is 10.6 Å². The van der Waals surface area contributed by atoms with Crippen molar-refractivity contribution in [3.05, 3.63) is 83.0 Å². The summed E-state index contributed by atoms with van der Waals surface area (Å²) in [4.78, 5) is 25.6. The number of carbonyl (C=O) groups excluding carboxylic acids is 2. The van der Waals surface area contributed by atoms with Gasteiger partial charge in [-0.1, -0.05) is 36.4 Å². The molecule has 0 radical (unpaired) electrons. The number of amides is 2. The number of allylic oxidation sites excluding steroid dienone is 1. The quantitative estimate of drug-likeness (QED) is 0.257. The average Bonchev–Trinajstić information content (AvgIpc) is 3.89. The lowest BCUT2D eigenvalue weighted by Gasteiger charge is -2.26. The van der Waals surface area contributed by atoms with Gasteiger partial charge in [-0.2, -0.15) is 0 Å². The van der Waals surface area contributed by atoms with Crippen LogP contribution in [0.15, 0.2) is 71.8 Å². The summed E-state index contributed by atoms with van der Waals surface area (Å²) in [5.41, 5.74) is 0.633. The van der Waals surface area contributed by atoms with Crippen molar-refractivity contribution in [3.63, 3.8) is 0 Å². The van der Waals surface area contributed by atoms with E-state index in [1.807, 2.05) is 48.5 Å². The van der Waals surface area contributed by atoms with Crippen molar-refractivity contribution in [2.24, 2.45) is 5.41 Å². The van der Waals surface area contributed by atoms with Crippen molar-refractivity contribution >= 4 is 11.8 Å². The van der Waals surface area contributed by atoms with Gasteiger partial charge >= 0.3 is 0 Å². The number of likely N-dealkylation sites (tertiary alicyclic amines) is 1. The number of hydrogen-bond donors (Lipinski definition) is 2. The number of benzene rings is 2. The van der Waals surface area contributed by atoms with Crippen LogP contribution in [-0.2, 0) is 22.7 Å². The molecular weight excluding hydrogens is 590 g/mol. The topological polar surface area (TPSA) is 79.9 Å². The van der Waals surface area contributed by atoms with Crippen LogP contribution in [-0.4, -0.2) is 61.9 Å². The molecule has 4 aliphatic rings. The molecule has 1 heterocycles. The standard InChI is InChI=1S/C17H20F2N2O2.C17H19F2NO2/c1-21-8-7-17(18,19)16(21)10-13(16)9-15(22)20-11-12-3-5-14(23-2)6-4-12;1-22-14-5-3-12(4-6-14)11-20-15(21)9-13-10-16(13)7-2-8-17(16,18)19/h3-6,10H,7-9,11H2,1-2H3,(H,20,22);3-6,10H,2,7-9,11H2,1H3,(H,20,21)/t2*16-/m10/s1. The van der Waals surface area contributed by atoms with Crippen LogP contribution in [0.5, 0.6) is 11.5 Å². The normalized spacial score (nSPS) is 25.1.